The maximum absolute atomic E-state index is 13.0. The summed E-state index contributed by atoms with van der Waals surface area (Å²) in [7, 11) is 4.98. The minimum atomic E-state index is -0.410. The SMILES string of the molecule is COCC1(C(=O)NC2CCN(c3cc(OC)cc(OC)c3)C2)CCNCC1.Cl.Cl. The first kappa shape index (κ1) is 25.6. The number of anilines is 1. The summed E-state index contributed by atoms with van der Waals surface area (Å²) in [6.45, 7) is 3.86. The summed E-state index contributed by atoms with van der Waals surface area (Å²) in [5.41, 5.74) is 0.642. The minimum Gasteiger partial charge on any atom is -0.497 e. The lowest BCUT2D eigenvalue weighted by atomic mass is 9.78. The van der Waals surface area contributed by atoms with Gasteiger partial charge in [-0.25, -0.2) is 0 Å². The Morgan fingerprint density at radius 3 is 2.31 bits per heavy atom. The first-order valence-electron chi connectivity index (χ1n) is 9.59. The molecule has 0 spiro atoms. The third-order valence-electron chi connectivity index (χ3n) is 5.69. The topological polar surface area (TPSA) is 72.1 Å². The zero-order valence-electron chi connectivity index (χ0n) is 17.4. The van der Waals surface area contributed by atoms with Gasteiger partial charge in [0.15, 0.2) is 0 Å². The normalized spacial score (nSPS) is 20.2. The van der Waals surface area contributed by atoms with Gasteiger partial charge in [0.1, 0.15) is 11.5 Å². The minimum absolute atomic E-state index is 0. The predicted octanol–water partition coefficient (Wildman–Crippen LogP) is 2.26. The van der Waals surface area contributed by atoms with Gasteiger partial charge >= 0.3 is 0 Å². The summed E-state index contributed by atoms with van der Waals surface area (Å²) < 4.78 is 16.1. The molecule has 7 nitrogen and oxygen atoms in total. The Balaban J connectivity index is 0.00000210. The van der Waals surface area contributed by atoms with Gasteiger partial charge in [0.05, 0.1) is 26.2 Å². The van der Waals surface area contributed by atoms with Gasteiger partial charge in [0, 0.05) is 50.1 Å². The quantitative estimate of drug-likeness (QED) is 0.664. The molecule has 3 rings (SSSR count). The Hall–Kier alpha value is -1.41. The Morgan fingerprint density at radius 1 is 1.14 bits per heavy atom. The lowest BCUT2D eigenvalue weighted by Crippen LogP contribution is -2.52. The molecule has 2 saturated heterocycles. The van der Waals surface area contributed by atoms with Gasteiger partial charge < -0.3 is 29.7 Å². The molecule has 2 aliphatic heterocycles. The van der Waals surface area contributed by atoms with Crippen LogP contribution in [0.25, 0.3) is 0 Å². The number of methoxy groups -OCH3 is 3. The number of carbonyl (C=O) groups is 1. The number of nitrogens with one attached hydrogen (secondary N) is 2. The highest BCUT2D eigenvalue weighted by molar-refractivity contribution is 5.85. The molecule has 2 aliphatic rings. The lowest BCUT2D eigenvalue weighted by Gasteiger charge is -2.36. The third kappa shape index (κ3) is 6.04. The number of carbonyl (C=O) groups excluding carboxylic acids is 1. The van der Waals surface area contributed by atoms with Crippen LogP contribution in [0.3, 0.4) is 0 Å². The van der Waals surface area contributed by atoms with Crippen molar-refractivity contribution in [3.63, 3.8) is 0 Å². The molecule has 1 aromatic rings. The van der Waals surface area contributed by atoms with Crippen LogP contribution in [0.2, 0.25) is 0 Å². The third-order valence-corrected chi connectivity index (χ3v) is 5.69. The maximum atomic E-state index is 13.0. The van der Waals surface area contributed by atoms with Gasteiger partial charge in [-0.1, -0.05) is 0 Å². The van der Waals surface area contributed by atoms with Crippen molar-refractivity contribution in [2.45, 2.75) is 25.3 Å². The molecule has 1 atom stereocenters. The van der Waals surface area contributed by atoms with Gasteiger partial charge in [-0.3, -0.25) is 4.79 Å². The molecule has 0 radical (unpaired) electrons. The van der Waals surface area contributed by atoms with Crippen molar-refractivity contribution in [2.24, 2.45) is 5.41 Å². The van der Waals surface area contributed by atoms with Crippen LogP contribution < -0.4 is 25.0 Å². The highest BCUT2D eigenvalue weighted by Crippen LogP contribution is 2.32. The Morgan fingerprint density at radius 2 is 1.76 bits per heavy atom. The van der Waals surface area contributed by atoms with Gasteiger partial charge in [-0.15, -0.1) is 24.8 Å². The zero-order chi connectivity index (χ0) is 19.3. The number of halogens is 2. The highest BCUT2D eigenvalue weighted by atomic mass is 35.5. The number of benzene rings is 1. The van der Waals surface area contributed by atoms with Crippen molar-refractivity contribution in [2.75, 3.05) is 59.0 Å². The highest BCUT2D eigenvalue weighted by Gasteiger charge is 2.41. The van der Waals surface area contributed by atoms with E-state index in [-0.39, 0.29) is 36.8 Å². The van der Waals surface area contributed by atoms with Gasteiger partial charge in [-0.05, 0) is 32.4 Å². The second-order valence-electron chi connectivity index (χ2n) is 7.44. The number of hydrogen-bond donors (Lipinski definition) is 2. The molecule has 166 valence electrons. The Labute approximate surface area is 185 Å². The largest absolute Gasteiger partial charge is 0.497 e. The van der Waals surface area contributed by atoms with E-state index >= 15 is 0 Å². The van der Waals surface area contributed by atoms with E-state index in [1.807, 2.05) is 18.2 Å². The van der Waals surface area contributed by atoms with Crippen molar-refractivity contribution < 1.29 is 19.0 Å². The van der Waals surface area contributed by atoms with Crippen molar-refractivity contribution in [1.82, 2.24) is 10.6 Å². The van der Waals surface area contributed by atoms with Crippen LogP contribution in [-0.2, 0) is 9.53 Å². The van der Waals surface area contributed by atoms with E-state index in [1.54, 1.807) is 21.3 Å². The summed E-state index contributed by atoms with van der Waals surface area (Å²) in [6.07, 6.45) is 2.55. The summed E-state index contributed by atoms with van der Waals surface area (Å²) >= 11 is 0. The molecule has 0 saturated carbocycles. The number of hydrogen-bond acceptors (Lipinski definition) is 6. The van der Waals surface area contributed by atoms with Crippen LogP contribution in [0.15, 0.2) is 18.2 Å². The van der Waals surface area contributed by atoms with Crippen molar-refractivity contribution in [1.29, 1.82) is 0 Å². The first-order chi connectivity index (χ1) is 13.1. The number of rotatable bonds is 7. The predicted molar refractivity (Wildman–Crippen MR) is 119 cm³/mol. The molecule has 2 N–H and O–H groups in total. The number of nitrogens with zero attached hydrogens (tertiary/aromatic N) is 1. The summed E-state index contributed by atoms with van der Waals surface area (Å²) in [6, 6.07) is 6.01. The average Bonchev–Trinajstić information content (AvgIpc) is 3.17. The summed E-state index contributed by atoms with van der Waals surface area (Å²) in [4.78, 5) is 15.3. The fourth-order valence-corrected chi connectivity index (χ4v) is 4.04. The number of amides is 1. The summed E-state index contributed by atoms with van der Waals surface area (Å²) in [5.74, 6) is 1.66. The van der Waals surface area contributed by atoms with E-state index in [0.717, 1.165) is 62.6 Å². The monoisotopic (exact) mass is 449 g/mol. The maximum Gasteiger partial charge on any atom is 0.228 e. The average molecular weight is 450 g/mol. The van der Waals surface area contributed by atoms with Crippen LogP contribution >= 0.6 is 24.8 Å². The molecule has 29 heavy (non-hydrogen) atoms. The molecule has 1 aromatic carbocycles. The molecule has 9 heteroatoms. The molecule has 1 unspecified atom stereocenters. The van der Waals surface area contributed by atoms with Crippen molar-refractivity contribution in [3.05, 3.63) is 18.2 Å². The number of ether oxygens (including phenoxy) is 3. The van der Waals surface area contributed by atoms with E-state index in [0.29, 0.717) is 6.61 Å². The van der Waals surface area contributed by atoms with E-state index in [1.165, 1.54) is 0 Å². The Bertz CT molecular complexity index is 629. The van der Waals surface area contributed by atoms with Crippen molar-refractivity contribution in [3.8, 4) is 11.5 Å². The fraction of sp³-hybridized carbons (Fsp3) is 0.650. The van der Waals surface area contributed by atoms with Crippen LogP contribution in [0.4, 0.5) is 5.69 Å². The van der Waals surface area contributed by atoms with E-state index in [4.69, 9.17) is 14.2 Å². The van der Waals surface area contributed by atoms with Crippen LogP contribution in [0, 0.1) is 5.41 Å². The molecule has 0 bridgehead atoms. The molecular formula is C20H33Cl2N3O4. The smallest absolute Gasteiger partial charge is 0.228 e. The Kier molecular flexibility index (Phi) is 10.3. The van der Waals surface area contributed by atoms with E-state index in [9.17, 15) is 4.79 Å². The van der Waals surface area contributed by atoms with E-state index < -0.39 is 5.41 Å². The number of piperidine rings is 1. The van der Waals surface area contributed by atoms with Crippen LogP contribution in [0.5, 0.6) is 11.5 Å². The fourth-order valence-electron chi connectivity index (χ4n) is 4.04. The molecule has 2 fully saturated rings. The lowest BCUT2D eigenvalue weighted by molar-refractivity contribution is -0.136. The molecule has 0 aromatic heterocycles. The molecule has 2 heterocycles. The van der Waals surface area contributed by atoms with Crippen LogP contribution in [0.1, 0.15) is 19.3 Å². The second-order valence-corrected chi connectivity index (χ2v) is 7.44. The summed E-state index contributed by atoms with van der Waals surface area (Å²) in [5, 5.41) is 6.61. The second kappa shape index (κ2) is 11.7. The van der Waals surface area contributed by atoms with E-state index in [2.05, 4.69) is 15.5 Å². The van der Waals surface area contributed by atoms with Crippen molar-refractivity contribution >= 4 is 36.4 Å². The van der Waals surface area contributed by atoms with Gasteiger partial charge in [0.2, 0.25) is 5.91 Å². The van der Waals surface area contributed by atoms with Crippen LogP contribution in [-0.4, -0.2) is 66.1 Å². The molecular weight excluding hydrogens is 417 g/mol. The first-order valence-corrected chi connectivity index (χ1v) is 9.59. The van der Waals surface area contributed by atoms with Gasteiger partial charge in [0.25, 0.3) is 0 Å². The zero-order valence-corrected chi connectivity index (χ0v) is 19.0. The molecule has 0 aliphatic carbocycles. The molecule has 1 amide bonds. The standard InChI is InChI=1S/C20H31N3O4.2ClH/c1-25-14-20(5-7-21-8-6-20)19(24)22-15-4-9-23(13-15)16-10-17(26-2)12-18(11-16)27-3;;/h10-12,15,21H,4-9,13-14H2,1-3H3,(H,22,24);2*1H. The van der Waals surface area contributed by atoms with Gasteiger partial charge in [-0.2, -0.15) is 0 Å².